The summed E-state index contributed by atoms with van der Waals surface area (Å²) in [6.07, 6.45) is -2.31. The van der Waals surface area contributed by atoms with Gasteiger partial charge in [0, 0.05) is 16.7 Å². The Morgan fingerprint density at radius 2 is 2.13 bits per heavy atom. The van der Waals surface area contributed by atoms with Gasteiger partial charge < -0.3 is 5.73 Å². The van der Waals surface area contributed by atoms with Crippen LogP contribution >= 0.6 is 15.9 Å². The zero-order chi connectivity index (χ0) is 11.4. The van der Waals surface area contributed by atoms with Gasteiger partial charge in [-0.05, 0) is 24.7 Å². The summed E-state index contributed by atoms with van der Waals surface area (Å²) in [5.74, 6) is 0. The van der Waals surface area contributed by atoms with Crippen molar-refractivity contribution in [3.05, 3.63) is 28.2 Å². The quantitative estimate of drug-likeness (QED) is 0.859. The molecule has 84 valence electrons. The van der Waals surface area contributed by atoms with Crippen molar-refractivity contribution in [2.24, 2.45) is 0 Å². The molecule has 0 saturated heterocycles. The highest BCUT2D eigenvalue weighted by molar-refractivity contribution is 9.10. The molecule has 0 atom stereocenters. The Balaban J connectivity index is 2.64. The highest BCUT2D eigenvalue weighted by Gasteiger charge is 2.09. The number of rotatable bonds is 4. The van der Waals surface area contributed by atoms with Crippen molar-refractivity contribution in [2.45, 2.75) is 13.0 Å². The smallest absolute Gasteiger partial charge is 0.251 e. The number of nitrogens with zero attached hydrogens (tertiary/aromatic N) is 1. The third-order valence-electron chi connectivity index (χ3n) is 2.00. The summed E-state index contributed by atoms with van der Waals surface area (Å²) < 4.78 is 25.0. The van der Waals surface area contributed by atoms with E-state index >= 15 is 0 Å². The predicted molar refractivity (Wildman–Crippen MR) is 60.9 cm³/mol. The first-order chi connectivity index (χ1) is 6.99. The normalized spacial score (nSPS) is 11.3. The van der Waals surface area contributed by atoms with Gasteiger partial charge >= 0.3 is 0 Å². The van der Waals surface area contributed by atoms with Gasteiger partial charge in [-0.15, -0.1) is 0 Å². The minimum atomic E-state index is -2.31. The molecule has 15 heavy (non-hydrogen) atoms. The second kappa shape index (κ2) is 5.42. The molecule has 0 aromatic heterocycles. The number of benzene rings is 1. The Morgan fingerprint density at radius 3 is 2.67 bits per heavy atom. The van der Waals surface area contributed by atoms with E-state index in [0.717, 1.165) is 10.0 Å². The molecule has 0 saturated carbocycles. The second-order valence-corrected chi connectivity index (χ2v) is 4.35. The maximum atomic E-state index is 12.1. The van der Waals surface area contributed by atoms with Crippen LogP contribution in [0, 0.1) is 0 Å². The molecule has 0 fully saturated rings. The molecule has 0 amide bonds. The predicted octanol–water partition coefficient (Wildman–Crippen LogP) is 2.73. The summed E-state index contributed by atoms with van der Waals surface area (Å²) >= 11 is 3.29. The first kappa shape index (κ1) is 12.4. The Kier molecular flexibility index (Phi) is 4.47. The molecular formula is C10H13BrF2N2. The van der Waals surface area contributed by atoms with Crippen LogP contribution in [0.5, 0.6) is 0 Å². The Bertz CT molecular complexity index is 331. The maximum Gasteiger partial charge on any atom is 0.251 e. The molecule has 1 aromatic carbocycles. The summed E-state index contributed by atoms with van der Waals surface area (Å²) in [6.45, 7) is 0.193. The average Bonchev–Trinajstić information content (AvgIpc) is 2.08. The van der Waals surface area contributed by atoms with Crippen LogP contribution in [0.4, 0.5) is 14.5 Å². The lowest BCUT2D eigenvalue weighted by atomic mass is 10.2. The van der Waals surface area contributed by atoms with Crippen LogP contribution < -0.4 is 5.73 Å². The van der Waals surface area contributed by atoms with Gasteiger partial charge in [0.15, 0.2) is 0 Å². The number of hydrogen-bond acceptors (Lipinski definition) is 2. The Hall–Kier alpha value is -0.680. The Morgan fingerprint density at radius 1 is 1.47 bits per heavy atom. The largest absolute Gasteiger partial charge is 0.398 e. The number of nitrogens with two attached hydrogens (primary N) is 1. The van der Waals surface area contributed by atoms with Crippen LogP contribution in [0.2, 0.25) is 0 Å². The van der Waals surface area contributed by atoms with Crippen LogP contribution in [0.1, 0.15) is 5.56 Å². The van der Waals surface area contributed by atoms with Gasteiger partial charge in [0.1, 0.15) is 0 Å². The van der Waals surface area contributed by atoms with Crippen molar-refractivity contribution < 1.29 is 8.78 Å². The lowest BCUT2D eigenvalue weighted by Gasteiger charge is -2.17. The van der Waals surface area contributed by atoms with Crippen LogP contribution in [0.3, 0.4) is 0 Å². The van der Waals surface area contributed by atoms with E-state index < -0.39 is 6.43 Å². The summed E-state index contributed by atoms with van der Waals surface area (Å²) in [5.41, 5.74) is 7.23. The number of hydrogen-bond donors (Lipinski definition) is 1. The fourth-order valence-electron chi connectivity index (χ4n) is 1.30. The van der Waals surface area contributed by atoms with Crippen LogP contribution in [-0.2, 0) is 6.54 Å². The van der Waals surface area contributed by atoms with E-state index in [-0.39, 0.29) is 6.54 Å². The van der Waals surface area contributed by atoms with Crippen molar-refractivity contribution in [1.29, 1.82) is 0 Å². The van der Waals surface area contributed by atoms with Gasteiger partial charge in [-0.25, -0.2) is 8.78 Å². The molecule has 0 aliphatic heterocycles. The van der Waals surface area contributed by atoms with E-state index in [2.05, 4.69) is 15.9 Å². The van der Waals surface area contributed by atoms with Crippen LogP contribution in [-0.4, -0.2) is 24.9 Å². The third-order valence-corrected chi connectivity index (χ3v) is 2.49. The maximum absolute atomic E-state index is 12.1. The Labute approximate surface area is 96.2 Å². The van der Waals surface area contributed by atoms with Gasteiger partial charge in [-0.1, -0.05) is 22.0 Å². The van der Waals surface area contributed by atoms with Crippen molar-refractivity contribution in [1.82, 2.24) is 4.90 Å². The van der Waals surface area contributed by atoms with Crippen molar-refractivity contribution in [3.63, 3.8) is 0 Å². The van der Waals surface area contributed by atoms with E-state index in [4.69, 9.17) is 5.73 Å². The molecule has 2 nitrogen and oxygen atoms in total. The third kappa shape index (κ3) is 4.13. The van der Waals surface area contributed by atoms with E-state index in [1.165, 1.54) is 0 Å². The van der Waals surface area contributed by atoms with Crippen LogP contribution in [0.25, 0.3) is 0 Å². The van der Waals surface area contributed by atoms with Gasteiger partial charge in [-0.3, -0.25) is 4.90 Å². The summed E-state index contributed by atoms with van der Waals surface area (Å²) in [6, 6.07) is 5.45. The lowest BCUT2D eigenvalue weighted by Crippen LogP contribution is -2.24. The van der Waals surface area contributed by atoms with Gasteiger partial charge in [0.25, 0.3) is 6.43 Å². The number of anilines is 1. The van der Waals surface area contributed by atoms with Gasteiger partial charge in [0.05, 0.1) is 6.54 Å². The fraction of sp³-hybridized carbons (Fsp3) is 0.400. The molecule has 1 aromatic rings. The highest BCUT2D eigenvalue weighted by Crippen LogP contribution is 2.19. The van der Waals surface area contributed by atoms with Crippen molar-refractivity contribution in [2.75, 3.05) is 19.3 Å². The first-order valence-electron chi connectivity index (χ1n) is 4.49. The van der Waals surface area contributed by atoms with E-state index in [9.17, 15) is 8.78 Å². The second-order valence-electron chi connectivity index (χ2n) is 3.43. The average molecular weight is 279 g/mol. The summed E-state index contributed by atoms with van der Waals surface area (Å²) in [4.78, 5) is 1.55. The van der Waals surface area contributed by atoms with Gasteiger partial charge in [0.2, 0.25) is 0 Å². The minimum absolute atomic E-state index is 0.241. The van der Waals surface area contributed by atoms with E-state index in [1.54, 1.807) is 18.0 Å². The van der Waals surface area contributed by atoms with Crippen molar-refractivity contribution in [3.8, 4) is 0 Å². The van der Waals surface area contributed by atoms with E-state index in [0.29, 0.717) is 12.2 Å². The molecule has 0 aliphatic rings. The molecule has 0 spiro atoms. The van der Waals surface area contributed by atoms with Crippen molar-refractivity contribution >= 4 is 21.6 Å². The standard InChI is InChI=1S/C10H13BrF2N2/c1-15(6-10(12)13)5-7-2-3-8(11)4-9(7)14/h2-4,10H,5-6,14H2,1H3. The molecular weight excluding hydrogens is 266 g/mol. The zero-order valence-electron chi connectivity index (χ0n) is 8.38. The molecule has 5 heteroatoms. The molecule has 0 radical (unpaired) electrons. The van der Waals surface area contributed by atoms with E-state index in [1.807, 2.05) is 12.1 Å². The topological polar surface area (TPSA) is 29.3 Å². The summed E-state index contributed by atoms with van der Waals surface area (Å²) in [5, 5.41) is 0. The first-order valence-corrected chi connectivity index (χ1v) is 5.29. The number of nitrogen functional groups attached to an aromatic ring is 1. The fourth-order valence-corrected chi connectivity index (χ4v) is 1.68. The number of alkyl halides is 2. The summed E-state index contributed by atoms with van der Waals surface area (Å²) in [7, 11) is 1.65. The molecule has 0 unspecified atom stereocenters. The molecule has 0 bridgehead atoms. The van der Waals surface area contributed by atoms with Gasteiger partial charge in [-0.2, -0.15) is 0 Å². The molecule has 0 heterocycles. The number of halogens is 3. The highest BCUT2D eigenvalue weighted by atomic mass is 79.9. The molecule has 1 rings (SSSR count). The lowest BCUT2D eigenvalue weighted by molar-refractivity contribution is 0.0976. The monoisotopic (exact) mass is 278 g/mol. The SMILES string of the molecule is CN(Cc1ccc(Br)cc1N)CC(F)F. The molecule has 0 aliphatic carbocycles. The molecule has 2 N–H and O–H groups in total. The zero-order valence-corrected chi connectivity index (χ0v) is 9.97. The van der Waals surface area contributed by atoms with Crippen LogP contribution in [0.15, 0.2) is 22.7 Å². The minimum Gasteiger partial charge on any atom is -0.398 e.